The highest BCUT2D eigenvalue weighted by molar-refractivity contribution is 5.91. The van der Waals surface area contributed by atoms with Crippen LogP contribution in [0.1, 0.15) is 121 Å². The highest BCUT2D eigenvalue weighted by atomic mass is 16.7. The first-order chi connectivity index (χ1) is 36.8. The average Bonchev–Trinajstić information content (AvgIpc) is 3.59. The summed E-state index contributed by atoms with van der Waals surface area (Å²) in [6, 6.07) is 9.19. The number of ketones is 1. The number of aliphatic hydroxyl groups is 2. The lowest BCUT2D eigenvalue weighted by molar-refractivity contribution is -0.305. The molecule has 0 aliphatic carbocycles. The van der Waals surface area contributed by atoms with Crippen molar-refractivity contribution in [3.05, 3.63) is 35.9 Å². The molecule has 4 aliphatic rings. The fourth-order valence-electron chi connectivity index (χ4n) is 11.5. The van der Waals surface area contributed by atoms with E-state index in [2.05, 4.69) is 15.8 Å². The molecule has 1 amide bonds. The van der Waals surface area contributed by atoms with Gasteiger partial charge < -0.3 is 77.8 Å². The Morgan fingerprint density at radius 1 is 0.821 bits per heavy atom. The molecule has 0 aromatic heterocycles. The number of rotatable bonds is 17. The molecule has 4 aliphatic heterocycles. The fourth-order valence-corrected chi connectivity index (χ4v) is 11.5. The summed E-state index contributed by atoms with van der Waals surface area (Å²) >= 11 is 0. The molecule has 0 radical (unpaired) electrons. The highest BCUT2D eigenvalue weighted by Gasteiger charge is 2.52. The average molecular weight is 1110 g/mol. The van der Waals surface area contributed by atoms with E-state index in [1.54, 1.807) is 34.6 Å². The van der Waals surface area contributed by atoms with Crippen molar-refractivity contribution in [3.8, 4) is 0 Å². The van der Waals surface area contributed by atoms with Gasteiger partial charge in [0.1, 0.15) is 43.7 Å². The number of nitrogens with zero attached hydrogens (tertiary/aromatic N) is 1. The Hall–Kier alpha value is -3.87. The van der Waals surface area contributed by atoms with Crippen LogP contribution in [0.15, 0.2) is 35.5 Å². The molecule has 1 aromatic rings. The maximum atomic E-state index is 15.8. The van der Waals surface area contributed by atoms with Crippen molar-refractivity contribution >= 4 is 29.5 Å². The lowest BCUT2D eigenvalue weighted by Gasteiger charge is -2.45. The van der Waals surface area contributed by atoms with E-state index in [-0.39, 0.29) is 56.2 Å². The van der Waals surface area contributed by atoms with Gasteiger partial charge in [-0.2, -0.15) is 0 Å². The van der Waals surface area contributed by atoms with Crippen LogP contribution in [0.4, 0.5) is 4.79 Å². The van der Waals surface area contributed by atoms with Gasteiger partial charge in [-0.3, -0.25) is 14.4 Å². The van der Waals surface area contributed by atoms with E-state index in [4.69, 9.17) is 56.9 Å². The standard InChI is InChI=1S/C57H93N3O18/c1-29(2)22-42(61)74-48-36(9)47(31(4)28-70-55-51(68-15)50(67-14)44(62)39(12)73-55)76-53(65)38(11)49(75-43-23-32(5)58-26-34(7)71-43)35(8)46(77-54-45(63)41(60-69-16)24-33(6)72-54)30(3)25-57(13,52(64)37(48)10)78-56(66)59-27-40-20-18-17-19-21-40/h17-21,29-39,43-51,54-55,58,62-63H,22-28H2,1-16H3,(H,59,66)/b60-41+/t30-,31?,32-,33+,34-,35+,36-,37+,38+,39+,43-,44+,45+,46-,47+,48+,49-,50+,51+,54-,55+,57-/m0/s1. The molecule has 0 bridgehead atoms. The molecule has 1 unspecified atom stereocenters. The topological polar surface area (TPSA) is 256 Å². The van der Waals surface area contributed by atoms with Crippen molar-refractivity contribution in [1.82, 2.24) is 10.6 Å². The molecule has 22 atom stereocenters. The molecule has 0 saturated carbocycles. The number of carbonyl (C=O) groups excluding carboxylic acids is 4. The molecule has 4 saturated heterocycles. The normalized spacial score (nSPS) is 39.6. The first-order valence-electron chi connectivity index (χ1n) is 27.9. The first kappa shape index (κ1) is 64.9. The summed E-state index contributed by atoms with van der Waals surface area (Å²) < 4.78 is 70.1. The molecular formula is C57H93N3O18. The van der Waals surface area contributed by atoms with Gasteiger partial charge in [-0.1, -0.05) is 84.0 Å². The molecule has 1 aromatic carbocycles. The van der Waals surface area contributed by atoms with Crippen LogP contribution in [-0.4, -0.2) is 172 Å². The van der Waals surface area contributed by atoms with Gasteiger partial charge in [0.05, 0.1) is 54.7 Å². The van der Waals surface area contributed by atoms with E-state index in [0.717, 1.165) is 5.56 Å². The fraction of sp³-hybridized carbons (Fsp3) is 0.807. The van der Waals surface area contributed by atoms with Crippen LogP contribution < -0.4 is 10.6 Å². The van der Waals surface area contributed by atoms with Crippen LogP contribution in [0.3, 0.4) is 0 Å². The predicted molar refractivity (Wildman–Crippen MR) is 285 cm³/mol. The number of benzene rings is 1. The molecule has 444 valence electrons. The summed E-state index contributed by atoms with van der Waals surface area (Å²) in [5.41, 5.74) is -0.874. The van der Waals surface area contributed by atoms with Crippen molar-refractivity contribution < 1.29 is 86.3 Å². The van der Waals surface area contributed by atoms with Gasteiger partial charge >= 0.3 is 18.0 Å². The number of oxime groups is 1. The molecule has 0 spiro atoms. The number of esters is 2. The summed E-state index contributed by atoms with van der Waals surface area (Å²) in [5.74, 6) is -7.37. The van der Waals surface area contributed by atoms with Crippen molar-refractivity contribution in [2.24, 2.45) is 46.6 Å². The third-order valence-electron chi connectivity index (χ3n) is 15.7. The maximum Gasteiger partial charge on any atom is 0.408 e. The number of alkyl carbamates (subject to hydrolysis) is 1. The van der Waals surface area contributed by atoms with E-state index in [1.165, 1.54) is 28.3 Å². The zero-order valence-electron chi connectivity index (χ0n) is 48.9. The van der Waals surface area contributed by atoms with Gasteiger partial charge in [0.15, 0.2) is 30.3 Å². The van der Waals surface area contributed by atoms with E-state index in [0.29, 0.717) is 13.0 Å². The first-order valence-corrected chi connectivity index (χ1v) is 27.9. The minimum Gasteiger partial charge on any atom is -0.461 e. The highest BCUT2D eigenvalue weighted by Crippen LogP contribution is 2.40. The number of cyclic esters (lactones) is 1. The minimum absolute atomic E-state index is 0.00946. The van der Waals surface area contributed by atoms with E-state index >= 15 is 9.59 Å². The predicted octanol–water partition coefficient (Wildman–Crippen LogP) is 5.86. The lowest BCUT2D eigenvalue weighted by Crippen LogP contribution is -2.59. The zero-order valence-corrected chi connectivity index (χ0v) is 48.9. The number of hydrogen-bond donors (Lipinski definition) is 4. The molecule has 4 heterocycles. The molecule has 5 rings (SSSR count). The summed E-state index contributed by atoms with van der Waals surface area (Å²) in [6.07, 6.45) is -13.5. The molecule has 4 N–H and O–H groups in total. The van der Waals surface area contributed by atoms with Crippen LogP contribution in [0.5, 0.6) is 0 Å². The summed E-state index contributed by atoms with van der Waals surface area (Å²) in [4.78, 5) is 64.4. The number of Topliss-reactive ketones (excluding diaryl/α,β-unsaturated/α-hetero) is 1. The van der Waals surface area contributed by atoms with Crippen LogP contribution in [0.25, 0.3) is 0 Å². The smallest absolute Gasteiger partial charge is 0.408 e. The summed E-state index contributed by atoms with van der Waals surface area (Å²) in [5, 5.41) is 33.1. The number of nitrogens with one attached hydrogen (secondary N) is 2. The van der Waals surface area contributed by atoms with Gasteiger partial charge in [-0.05, 0) is 65.4 Å². The Balaban J connectivity index is 1.69. The van der Waals surface area contributed by atoms with Crippen molar-refractivity contribution in [2.75, 3.05) is 34.5 Å². The van der Waals surface area contributed by atoms with Crippen LogP contribution in [-0.2, 0) is 77.9 Å². The van der Waals surface area contributed by atoms with Crippen molar-refractivity contribution in [3.63, 3.8) is 0 Å². The molecule has 4 fully saturated rings. The third-order valence-corrected chi connectivity index (χ3v) is 15.7. The van der Waals surface area contributed by atoms with E-state index in [1.807, 2.05) is 78.8 Å². The van der Waals surface area contributed by atoms with E-state index in [9.17, 15) is 19.8 Å². The van der Waals surface area contributed by atoms with Gasteiger partial charge in [-0.15, -0.1) is 0 Å². The summed E-state index contributed by atoms with van der Waals surface area (Å²) in [7, 11) is 4.29. The largest absolute Gasteiger partial charge is 0.461 e. The number of ether oxygens (including phenoxy) is 11. The van der Waals surface area contributed by atoms with Crippen LogP contribution >= 0.6 is 0 Å². The van der Waals surface area contributed by atoms with E-state index < -0.39 is 145 Å². The molecular weight excluding hydrogens is 1010 g/mol. The quantitative estimate of drug-likeness (QED) is 0.0809. The molecule has 21 nitrogen and oxygen atoms in total. The zero-order chi connectivity index (χ0) is 57.8. The Labute approximate surface area is 462 Å². The molecule has 78 heavy (non-hydrogen) atoms. The lowest BCUT2D eigenvalue weighted by atomic mass is 9.74. The van der Waals surface area contributed by atoms with Gasteiger partial charge in [-0.25, -0.2) is 4.79 Å². The second kappa shape index (κ2) is 29.7. The molecule has 21 heteroatoms. The van der Waals surface area contributed by atoms with Crippen LogP contribution in [0.2, 0.25) is 0 Å². The SMILES string of the molecule is CO/N=C1\C[C@@H](C)O[C@@H](O[C@@H]2[C@@H](C)[C@H](O[C@H]3C[C@H](C)NC[C@H](C)O3)[C@@H](C)C(=O)O[C@H](C(C)CO[C@@H]3O[C@H](C)[C@@H](O)[C@@H](OC)[C@H]3OC)[C@H](C)[C@@H](OC(=O)CC(C)C)[C@@H](C)C(=O)[C@@](C)(OC(=O)NCc3ccccc3)C[C@@H]2C)[C@@H]1O. The Morgan fingerprint density at radius 2 is 1.50 bits per heavy atom. The van der Waals surface area contributed by atoms with Crippen molar-refractivity contribution in [1.29, 1.82) is 0 Å². The number of amides is 1. The minimum atomic E-state index is -1.95. The Bertz CT molecular complexity index is 2070. The number of methoxy groups -OCH3 is 2. The monoisotopic (exact) mass is 1110 g/mol. The second-order valence-electron chi connectivity index (χ2n) is 23.0. The number of hydrogen-bond acceptors (Lipinski definition) is 20. The number of aliphatic hydroxyl groups excluding tert-OH is 2. The van der Waals surface area contributed by atoms with Gasteiger partial charge in [0.2, 0.25) is 0 Å². The Morgan fingerprint density at radius 3 is 2.14 bits per heavy atom. The summed E-state index contributed by atoms with van der Waals surface area (Å²) in [6.45, 7) is 23.8. The maximum absolute atomic E-state index is 15.8. The third kappa shape index (κ3) is 17.1. The number of carbonyl (C=O) groups is 4. The van der Waals surface area contributed by atoms with Gasteiger partial charge in [0.25, 0.3) is 0 Å². The second-order valence-corrected chi connectivity index (χ2v) is 23.0. The Kier molecular flexibility index (Phi) is 24.8. The van der Waals surface area contributed by atoms with Crippen LogP contribution in [0, 0.1) is 41.4 Å². The van der Waals surface area contributed by atoms with Crippen molar-refractivity contribution in [2.45, 2.75) is 220 Å². The van der Waals surface area contributed by atoms with Gasteiger partial charge in [0, 0.05) is 70.4 Å².